The van der Waals surface area contributed by atoms with Gasteiger partial charge in [0.05, 0.1) is 12.6 Å². The van der Waals surface area contributed by atoms with Crippen molar-refractivity contribution >= 4 is 38.6 Å². The smallest absolute Gasteiger partial charge is 0.287 e. The molecule has 3 aromatic rings. The predicted molar refractivity (Wildman–Crippen MR) is 138 cm³/mol. The second-order valence-corrected chi connectivity index (χ2v) is 11.8. The summed E-state index contributed by atoms with van der Waals surface area (Å²) in [5.41, 5.74) is 0.781. The maximum absolute atomic E-state index is 13.2. The number of nitrogens with zero attached hydrogens (tertiary/aromatic N) is 2. The number of nitrogens with one attached hydrogen (secondary N) is 2. The molecule has 11 nitrogen and oxygen atoms in total. The zero-order valence-corrected chi connectivity index (χ0v) is 22.6. The fourth-order valence-electron chi connectivity index (χ4n) is 4.62. The quantitative estimate of drug-likeness (QED) is 0.439. The predicted octanol–water partition coefficient (Wildman–Crippen LogP) is 2.72. The van der Waals surface area contributed by atoms with Gasteiger partial charge in [-0.05, 0) is 51.2 Å². The first-order valence-electron chi connectivity index (χ1n) is 12.5. The largest absolute Gasteiger partial charge is 0.451 e. The van der Waals surface area contributed by atoms with Crippen molar-refractivity contribution in [3.05, 3.63) is 47.5 Å². The third-order valence-corrected chi connectivity index (χ3v) is 8.57. The standard InChI is InChI=1S/C26H32N4O7S/c1-15(2)12-20(28-26(33)23-13-18-8-5-6-10-22(18)36-23)25(32)27-19-9-7-11-30(14-21(19)31)38(34,35)24-16(3)29-37-17(24)4/h5-6,8,10,13,15,19-20H,7,9,11-12,14H2,1-4H3,(H,27,32)(H,28,33)/t19?,20-/m0/s1. The van der Waals surface area contributed by atoms with Gasteiger partial charge in [0.1, 0.15) is 22.2 Å². The van der Waals surface area contributed by atoms with Crippen LogP contribution >= 0.6 is 0 Å². The lowest BCUT2D eigenvalue weighted by Gasteiger charge is -2.23. The van der Waals surface area contributed by atoms with Gasteiger partial charge in [-0.1, -0.05) is 37.2 Å². The van der Waals surface area contributed by atoms with Crippen LogP contribution in [-0.2, 0) is 19.6 Å². The number of para-hydroxylation sites is 1. The molecule has 0 bridgehead atoms. The van der Waals surface area contributed by atoms with Gasteiger partial charge in [-0.25, -0.2) is 8.42 Å². The monoisotopic (exact) mass is 544 g/mol. The van der Waals surface area contributed by atoms with Crippen LogP contribution in [0.25, 0.3) is 11.0 Å². The molecule has 1 fully saturated rings. The van der Waals surface area contributed by atoms with Gasteiger partial charge in [0.2, 0.25) is 15.9 Å². The van der Waals surface area contributed by atoms with Gasteiger partial charge in [0, 0.05) is 11.9 Å². The minimum absolute atomic E-state index is 0.0434. The van der Waals surface area contributed by atoms with Crippen molar-refractivity contribution in [3.63, 3.8) is 0 Å². The summed E-state index contributed by atoms with van der Waals surface area (Å²) in [6.45, 7) is 6.59. The third-order valence-electron chi connectivity index (χ3n) is 6.48. The number of rotatable bonds is 8. The number of benzene rings is 1. The van der Waals surface area contributed by atoms with E-state index in [0.29, 0.717) is 18.4 Å². The van der Waals surface area contributed by atoms with Crippen LogP contribution in [0.5, 0.6) is 0 Å². The number of Topliss-reactive ketones (excluding diaryl/α,β-unsaturated/α-hetero) is 1. The molecular weight excluding hydrogens is 512 g/mol. The Morgan fingerprint density at radius 3 is 2.61 bits per heavy atom. The normalized spacial score (nSPS) is 17.9. The van der Waals surface area contributed by atoms with Crippen molar-refractivity contribution in [1.82, 2.24) is 20.1 Å². The number of fused-ring (bicyclic) bond motifs is 1. The van der Waals surface area contributed by atoms with Crippen LogP contribution in [0.2, 0.25) is 0 Å². The summed E-state index contributed by atoms with van der Waals surface area (Å²) in [6, 6.07) is 7.01. The average molecular weight is 545 g/mol. The Kier molecular flexibility index (Phi) is 8.02. The Morgan fingerprint density at radius 1 is 1.21 bits per heavy atom. The molecule has 1 unspecified atom stereocenters. The first-order valence-corrected chi connectivity index (χ1v) is 14.0. The number of furan rings is 1. The van der Waals surface area contributed by atoms with E-state index in [0.717, 1.165) is 9.69 Å². The highest BCUT2D eigenvalue weighted by molar-refractivity contribution is 7.89. The van der Waals surface area contributed by atoms with Crippen molar-refractivity contribution in [2.24, 2.45) is 5.92 Å². The van der Waals surface area contributed by atoms with Gasteiger partial charge in [0.25, 0.3) is 5.91 Å². The van der Waals surface area contributed by atoms with Crippen LogP contribution in [0.15, 0.2) is 44.2 Å². The van der Waals surface area contributed by atoms with Crippen molar-refractivity contribution in [3.8, 4) is 0 Å². The minimum atomic E-state index is -4.00. The first-order chi connectivity index (χ1) is 18.0. The number of hydrogen-bond donors (Lipinski definition) is 2. The van der Waals surface area contributed by atoms with Crippen LogP contribution < -0.4 is 10.6 Å². The lowest BCUT2D eigenvalue weighted by Crippen LogP contribution is -2.52. The van der Waals surface area contributed by atoms with Crippen LogP contribution in [-0.4, -0.2) is 60.7 Å². The summed E-state index contributed by atoms with van der Waals surface area (Å²) in [5, 5.41) is 9.95. The van der Waals surface area contributed by atoms with Gasteiger partial charge in [-0.3, -0.25) is 14.4 Å². The third kappa shape index (κ3) is 5.81. The Hall–Kier alpha value is -3.51. The number of hydrogen-bond acceptors (Lipinski definition) is 8. The molecular formula is C26H32N4O7S. The Bertz CT molecular complexity index is 1400. The maximum Gasteiger partial charge on any atom is 0.287 e. The van der Waals surface area contributed by atoms with Crippen LogP contribution in [0.1, 0.15) is 55.1 Å². The Balaban J connectivity index is 1.45. The molecule has 1 aliphatic rings. The van der Waals surface area contributed by atoms with E-state index in [-0.39, 0.29) is 41.0 Å². The van der Waals surface area contributed by atoms with Gasteiger partial charge < -0.3 is 19.6 Å². The number of amides is 2. The molecule has 2 aromatic heterocycles. The van der Waals surface area contributed by atoms with Crippen molar-refractivity contribution < 1.29 is 31.7 Å². The summed E-state index contributed by atoms with van der Waals surface area (Å²) < 4.78 is 38.1. The van der Waals surface area contributed by atoms with Crippen molar-refractivity contribution in [1.29, 1.82) is 0 Å². The number of carbonyl (C=O) groups excluding carboxylic acids is 3. The Morgan fingerprint density at radius 2 is 1.95 bits per heavy atom. The number of aromatic nitrogens is 1. The zero-order chi connectivity index (χ0) is 27.6. The molecule has 12 heteroatoms. The highest BCUT2D eigenvalue weighted by atomic mass is 32.2. The highest BCUT2D eigenvalue weighted by Gasteiger charge is 2.37. The van der Waals surface area contributed by atoms with E-state index in [9.17, 15) is 22.8 Å². The number of sulfonamides is 1. The van der Waals surface area contributed by atoms with Crippen LogP contribution in [0, 0.1) is 19.8 Å². The molecule has 1 saturated heterocycles. The highest BCUT2D eigenvalue weighted by Crippen LogP contribution is 2.25. The van der Waals surface area contributed by atoms with E-state index < -0.39 is 46.2 Å². The summed E-state index contributed by atoms with van der Waals surface area (Å²) in [6.07, 6.45) is 0.967. The molecule has 38 heavy (non-hydrogen) atoms. The topological polar surface area (TPSA) is 152 Å². The molecule has 0 radical (unpaired) electrons. The van der Waals surface area contributed by atoms with E-state index in [1.165, 1.54) is 13.8 Å². The molecule has 2 N–H and O–H groups in total. The molecule has 1 aromatic carbocycles. The summed E-state index contributed by atoms with van der Waals surface area (Å²) in [4.78, 5) is 39.2. The van der Waals surface area contributed by atoms with E-state index in [1.54, 1.807) is 18.2 Å². The van der Waals surface area contributed by atoms with Gasteiger partial charge in [-0.15, -0.1) is 0 Å². The van der Waals surface area contributed by atoms with Crippen LogP contribution in [0.3, 0.4) is 0 Å². The lowest BCUT2D eigenvalue weighted by atomic mass is 10.0. The number of ketones is 1. The van der Waals surface area contributed by atoms with Gasteiger partial charge in [0.15, 0.2) is 17.3 Å². The van der Waals surface area contributed by atoms with E-state index in [1.807, 2.05) is 26.0 Å². The van der Waals surface area contributed by atoms with E-state index >= 15 is 0 Å². The molecule has 1 aliphatic heterocycles. The summed E-state index contributed by atoms with van der Waals surface area (Å²) in [5.74, 6) is -1.17. The lowest BCUT2D eigenvalue weighted by molar-refractivity contribution is -0.129. The molecule has 0 spiro atoms. The van der Waals surface area contributed by atoms with Crippen LogP contribution in [0.4, 0.5) is 0 Å². The first kappa shape index (κ1) is 27.5. The summed E-state index contributed by atoms with van der Waals surface area (Å²) >= 11 is 0. The summed E-state index contributed by atoms with van der Waals surface area (Å²) in [7, 11) is -4.00. The Labute approximate surface area is 221 Å². The molecule has 2 amide bonds. The van der Waals surface area contributed by atoms with E-state index in [2.05, 4.69) is 15.8 Å². The number of aryl methyl sites for hydroxylation is 2. The maximum atomic E-state index is 13.2. The van der Waals surface area contributed by atoms with Gasteiger partial charge in [-0.2, -0.15) is 4.31 Å². The minimum Gasteiger partial charge on any atom is -0.451 e. The number of carbonyl (C=O) groups is 3. The molecule has 0 saturated carbocycles. The molecule has 204 valence electrons. The average Bonchev–Trinajstić information content (AvgIpc) is 3.38. The fraction of sp³-hybridized carbons (Fsp3) is 0.462. The second-order valence-electron chi connectivity index (χ2n) is 9.97. The van der Waals surface area contributed by atoms with Crippen molar-refractivity contribution in [2.75, 3.05) is 13.1 Å². The molecule has 3 heterocycles. The van der Waals surface area contributed by atoms with Crippen molar-refractivity contribution in [2.45, 2.75) is 63.9 Å². The fourth-order valence-corrected chi connectivity index (χ4v) is 6.36. The SMILES string of the molecule is Cc1noc(C)c1S(=O)(=O)N1CCCC(NC(=O)[C@H](CC(C)C)NC(=O)c2cc3ccccc3o2)C(=O)C1. The van der Waals surface area contributed by atoms with E-state index in [4.69, 9.17) is 8.94 Å². The molecule has 4 rings (SSSR count). The second kappa shape index (κ2) is 11.1. The zero-order valence-electron chi connectivity index (χ0n) is 21.8. The molecule has 2 atom stereocenters. The molecule has 0 aliphatic carbocycles. The van der Waals surface area contributed by atoms with Gasteiger partial charge >= 0.3 is 0 Å².